The van der Waals surface area contributed by atoms with Gasteiger partial charge in [0, 0.05) is 28.9 Å². The molecule has 0 aliphatic carbocycles. The van der Waals surface area contributed by atoms with E-state index in [1.165, 1.54) is 14.8 Å². The van der Waals surface area contributed by atoms with Crippen molar-refractivity contribution >= 4 is 28.3 Å². The number of hydrogen-bond donors (Lipinski definition) is 1. The molecule has 1 aromatic rings. The van der Waals surface area contributed by atoms with Gasteiger partial charge >= 0.3 is 0 Å². The van der Waals surface area contributed by atoms with Crippen LogP contribution < -0.4 is 5.32 Å². The Labute approximate surface area is 123 Å². The molecule has 0 saturated carbocycles. The second-order valence-corrected chi connectivity index (χ2v) is 5.89. The zero-order valence-electron chi connectivity index (χ0n) is 11.1. The molecule has 0 bridgehead atoms. The Morgan fingerprint density at radius 3 is 3.06 bits per heavy atom. The minimum atomic E-state index is 0.303. The van der Waals surface area contributed by atoms with Crippen molar-refractivity contribution in [2.45, 2.75) is 20.0 Å². The standard InChI is InChI=1S/C14H21IN2O/c1-3-17-6-7-18-13(10-17)9-16-12-5-4-11(2)14(15)8-12/h4-5,8,13,16H,3,6-7,9-10H2,1-2H3. The van der Waals surface area contributed by atoms with Crippen molar-refractivity contribution in [2.24, 2.45) is 0 Å². The summed E-state index contributed by atoms with van der Waals surface area (Å²) in [5, 5.41) is 3.47. The number of benzene rings is 1. The fourth-order valence-electron chi connectivity index (χ4n) is 2.13. The summed E-state index contributed by atoms with van der Waals surface area (Å²) in [7, 11) is 0. The van der Waals surface area contributed by atoms with Gasteiger partial charge < -0.3 is 10.1 Å². The zero-order valence-corrected chi connectivity index (χ0v) is 13.2. The molecule has 100 valence electrons. The third kappa shape index (κ3) is 3.83. The normalized spacial score (nSPS) is 20.9. The van der Waals surface area contributed by atoms with Crippen LogP contribution in [0.4, 0.5) is 5.69 Å². The number of ether oxygens (including phenoxy) is 1. The van der Waals surface area contributed by atoms with Crippen molar-refractivity contribution in [3.8, 4) is 0 Å². The Kier molecular flexibility index (Phi) is 5.26. The molecule has 0 radical (unpaired) electrons. The van der Waals surface area contributed by atoms with E-state index in [0.29, 0.717) is 6.10 Å². The third-order valence-corrected chi connectivity index (χ3v) is 4.54. The monoisotopic (exact) mass is 360 g/mol. The van der Waals surface area contributed by atoms with E-state index >= 15 is 0 Å². The molecule has 18 heavy (non-hydrogen) atoms. The summed E-state index contributed by atoms with van der Waals surface area (Å²) in [4.78, 5) is 2.44. The van der Waals surface area contributed by atoms with E-state index in [9.17, 15) is 0 Å². The number of nitrogens with one attached hydrogen (secondary N) is 1. The van der Waals surface area contributed by atoms with Crippen LogP contribution in [0.5, 0.6) is 0 Å². The highest BCUT2D eigenvalue weighted by molar-refractivity contribution is 14.1. The van der Waals surface area contributed by atoms with Crippen molar-refractivity contribution in [1.82, 2.24) is 4.90 Å². The minimum absolute atomic E-state index is 0.303. The van der Waals surface area contributed by atoms with Gasteiger partial charge in [0.25, 0.3) is 0 Å². The lowest BCUT2D eigenvalue weighted by Gasteiger charge is -2.32. The van der Waals surface area contributed by atoms with Gasteiger partial charge in [0.2, 0.25) is 0 Å². The van der Waals surface area contributed by atoms with E-state index in [0.717, 1.165) is 32.8 Å². The van der Waals surface area contributed by atoms with Crippen LogP contribution in [-0.2, 0) is 4.74 Å². The molecule has 3 nitrogen and oxygen atoms in total. The molecular weight excluding hydrogens is 339 g/mol. The van der Waals surface area contributed by atoms with Crippen molar-refractivity contribution < 1.29 is 4.74 Å². The SMILES string of the molecule is CCN1CCOC(CNc2ccc(C)c(I)c2)C1. The first-order chi connectivity index (χ1) is 8.69. The predicted octanol–water partition coefficient (Wildman–Crippen LogP) is 2.73. The lowest BCUT2D eigenvalue weighted by atomic mass is 10.2. The molecule has 1 heterocycles. The molecule has 1 saturated heterocycles. The second kappa shape index (κ2) is 6.73. The van der Waals surface area contributed by atoms with Gasteiger partial charge in [-0.15, -0.1) is 0 Å². The second-order valence-electron chi connectivity index (χ2n) is 4.73. The topological polar surface area (TPSA) is 24.5 Å². The van der Waals surface area contributed by atoms with Crippen molar-refractivity contribution in [2.75, 3.05) is 38.1 Å². The van der Waals surface area contributed by atoms with Crippen molar-refractivity contribution in [1.29, 1.82) is 0 Å². The number of rotatable bonds is 4. The van der Waals surface area contributed by atoms with E-state index in [2.05, 4.69) is 64.9 Å². The van der Waals surface area contributed by atoms with Crippen LogP contribution in [0.15, 0.2) is 18.2 Å². The van der Waals surface area contributed by atoms with Crippen LogP contribution >= 0.6 is 22.6 Å². The van der Waals surface area contributed by atoms with Gasteiger partial charge in [-0.05, 0) is 53.8 Å². The highest BCUT2D eigenvalue weighted by atomic mass is 127. The van der Waals surface area contributed by atoms with Crippen molar-refractivity contribution in [3.63, 3.8) is 0 Å². The largest absolute Gasteiger partial charge is 0.382 e. The van der Waals surface area contributed by atoms with Crippen LogP contribution in [-0.4, -0.2) is 43.8 Å². The van der Waals surface area contributed by atoms with E-state index in [1.54, 1.807) is 0 Å². The van der Waals surface area contributed by atoms with Gasteiger partial charge in [-0.3, -0.25) is 4.90 Å². The number of anilines is 1. The Morgan fingerprint density at radius 1 is 1.50 bits per heavy atom. The number of aryl methyl sites for hydroxylation is 1. The maximum absolute atomic E-state index is 5.78. The van der Waals surface area contributed by atoms with Gasteiger partial charge in [-0.1, -0.05) is 13.0 Å². The summed E-state index contributed by atoms with van der Waals surface area (Å²) >= 11 is 2.37. The Morgan fingerprint density at radius 2 is 2.33 bits per heavy atom. The minimum Gasteiger partial charge on any atom is -0.382 e. The molecule has 2 rings (SSSR count). The zero-order chi connectivity index (χ0) is 13.0. The number of halogens is 1. The molecule has 1 N–H and O–H groups in total. The van der Waals surface area contributed by atoms with E-state index in [1.807, 2.05) is 0 Å². The Hall–Kier alpha value is -0.330. The summed E-state index contributed by atoms with van der Waals surface area (Å²) in [5.41, 5.74) is 2.51. The van der Waals surface area contributed by atoms with Crippen LogP contribution in [0.3, 0.4) is 0 Å². The van der Waals surface area contributed by atoms with Gasteiger partial charge in [0.1, 0.15) is 0 Å². The fourth-order valence-corrected chi connectivity index (χ4v) is 2.64. The van der Waals surface area contributed by atoms with Crippen LogP contribution in [0.25, 0.3) is 0 Å². The quantitative estimate of drug-likeness (QED) is 0.836. The molecule has 0 spiro atoms. The average molecular weight is 360 g/mol. The van der Waals surface area contributed by atoms with Gasteiger partial charge in [-0.25, -0.2) is 0 Å². The summed E-state index contributed by atoms with van der Waals surface area (Å²) in [6, 6.07) is 6.48. The number of hydrogen-bond acceptors (Lipinski definition) is 3. The summed E-state index contributed by atoms with van der Waals surface area (Å²) in [6.45, 7) is 9.29. The molecule has 1 fully saturated rings. The van der Waals surface area contributed by atoms with Gasteiger partial charge in [0.15, 0.2) is 0 Å². The maximum Gasteiger partial charge on any atom is 0.0874 e. The first kappa shape index (κ1) is 14.1. The van der Waals surface area contributed by atoms with Crippen LogP contribution in [0.2, 0.25) is 0 Å². The number of likely N-dealkylation sites (N-methyl/N-ethyl adjacent to an activating group) is 1. The highest BCUT2D eigenvalue weighted by Crippen LogP contribution is 2.17. The van der Waals surface area contributed by atoms with E-state index in [4.69, 9.17) is 4.74 Å². The highest BCUT2D eigenvalue weighted by Gasteiger charge is 2.18. The molecule has 0 aromatic heterocycles. The van der Waals surface area contributed by atoms with E-state index < -0.39 is 0 Å². The molecule has 1 aliphatic rings. The summed E-state index contributed by atoms with van der Waals surface area (Å²) < 4.78 is 7.08. The molecule has 4 heteroatoms. The van der Waals surface area contributed by atoms with Crippen molar-refractivity contribution in [3.05, 3.63) is 27.3 Å². The average Bonchev–Trinajstić information content (AvgIpc) is 2.40. The fraction of sp³-hybridized carbons (Fsp3) is 0.571. The summed E-state index contributed by atoms with van der Waals surface area (Å²) in [6.07, 6.45) is 0.303. The third-order valence-electron chi connectivity index (χ3n) is 3.38. The maximum atomic E-state index is 5.78. The van der Waals surface area contributed by atoms with Gasteiger partial charge in [0.05, 0.1) is 12.7 Å². The lowest BCUT2D eigenvalue weighted by Crippen LogP contribution is -2.45. The van der Waals surface area contributed by atoms with E-state index in [-0.39, 0.29) is 0 Å². The first-order valence-electron chi connectivity index (χ1n) is 6.53. The van der Waals surface area contributed by atoms with Gasteiger partial charge in [-0.2, -0.15) is 0 Å². The molecule has 0 amide bonds. The lowest BCUT2D eigenvalue weighted by molar-refractivity contribution is -0.0191. The smallest absolute Gasteiger partial charge is 0.0874 e. The molecule has 1 unspecified atom stereocenters. The number of nitrogens with zero attached hydrogens (tertiary/aromatic N) is 1. The first-order valence-corrected chi connectivity index (χ1v) is 7.61. The van der Waals surface area contributed by atoms with Crippen LogP contribution in [0, 0.1) is 10.5 Å². The predicted molar refractivity (Wildman–Crippen MR) is 84.2 cm³/mol. The molecule has 1 atom stereocenters. The molecule has 1 aromatic carbocycles. The van der Waals surface area contributed by atoms with Crippen LogP contribution in [0.1, 0.15) is 12.5 Å². The Bertz CT molecular complexity index is 397. The Balaban J connectivity index is 1.85. The molecule has 1 aliphatic heterocycles. The summed E-state index contributed by atoms with van der Waals surface area (Å²) in [5.74, 6) is 0. The molecular formula is C14H21IN2O. The number of morpholine rings is 1.